The highest BCUT2D eigenvalue weighted by Crippen LogP contribution is 2.15. The second-order valence-corrected chi connectivity index (χ2v) is 2.83. The van der Waals surface area contributed by atoms with E-state index in [9.17, 15) is 0 Å². The lowest BCUT2D eigenvalue weighted by atomic mass is 10.3. The van der Waals surface area contributed by atoms with Crippen LogP contribution in [0.25, 0.3) is 5.82 Å². The Morgan fingerprint density at radius 1 is 1.29 bits per heavy atom. The van der Waals surface area contributed by atoms with Gasteiger partial charge in [0.1, 0.15) is 5.75 Å². The van der Waals surface area contributed by atoms with Gasteiger partial charge < -0.3 is 4.74 Å². The summed E-state index contributed by atoms with van der Waals surface area (Å²) >= 11 is 0. The summed E-state index contributed by atoms with van der Waals surface area (Å²) in [7, 11) is 1.61. The third-order valence-electron chi connectivity index (χ3n) is 1.87. The molecule has 0 N–H and O–H groups in total. The van der Waals surface area contributed by atoms with Crippen LogP contribution in [0.2, 0.25) is 0 Å². The fraction of sp³-hybridized carbons (Fsp3) is 0.222. The van der Waals surface area contributed by atoms with E-state index in [2.05, 4.69) is 15.2 Å². The van der Waals surface area contributed by atoms with Crippen LogP contribution in [0.1, 0.15) is 5.56 Å². The van der Waals surface area contributed by atoms with Gasteiger partial charge in [-0.2, -0.15) is 10.2 Å². The number of nitrogens with zero attached hydrogens (tertiary/aromatic N) is 4. The molecule has 0 fully saturated rings. The van der Waals surface area contributed by atoms with Gasteiger partial charge >= 0.3 is 0 Å². The van der Waals surface area contributed by atoms with E-state index >= 15 is 0 Å². The van der Waals surface area contributed by atoms with Gasteiger partial charge in [0.05, 0.1) is 25.7 Å². The summed E-state index contributed by atoms with van der Waals surface area (Å²) in [6.07, 6.45) is 4.88. The lowest BCUT2D eigenvalue weighted by Gasteiger charge is -2.04. The van der Waals surface area contributed by atoms with Gasteiger partial charge in [-0.05, 0) is 18.6 Å². The molecule has 0 aliphatic rings. The number of ether oxygens (including phenoxy) is 1. The number of methoxy groups -OCH3 is 1. The van der Waals surface area contributed by atoms with Gasteiger partial charge in [-0.1, -0.05) is 0 Å². The number of pyridine rings is 1. The van der Waals surface area contributed by atoms with E-state index in [-0.39, 0.29) is 0 Å². The Hall–Kier alpha value is -1.91. The molecule has 0 unspecified atom stereocenters. The average Bonchev–Trinajstić information content (AvgIpc) is 2.70. The Labute approximate surface area is 81.3 Å². The Kier molecular flexibility index (Phi) is 2.14. The summed E-state index contributed by atoms with van der Waals surface area (Å²) in [6.45, 7) is 1.94. The van der Waals surface area contributed by atoms with Gasteiger partial charge in [0, 0.05) is 0 Å². The minimum atomic E-state index is 0.718. The molecule has 14 heavy (non-hydrogen) atoms. The van der Waals surface area contributed by atoms with Crippen molar-refractivity contribution in [1.29, 1.82) is 0 Å². The normalized spacial score (nSPS) is 10.1. The quantitative estimate of drug-likeness (QED) is 0.708. The van der Waals surface area contributed by atoms with E-state index in [1.54, 1.807) is 25.7 Å². The predicted molar refractivity (Wildman–Crippen MR) is 50.4 cm³/mol. The molecule has 0 spiro atoms. The molecule has 0 amide bonds. The van der Waals surface area contributed by atoms with Gasteiger partial charge in [0.2, 0.25) is 0 Å². The summed E-state index contributed by atoms with van der Waals surface area (Å²) < 4.78 is 5.05. The fourth-order valence-electron chi connectivity index (χ4n) is 1.19. The molecule has 2 aromatic rings. The Morgan fingerprint density at radius 3 is 2.57 bits per heavy atom. The molecular weight excluding hydrogens is 180 g/mol. The van der Waals surface area contributed by atoms with Gasteiger partial charge in [-0.3, -0.25) is 0 Å². The predicted octanol–water partition coefficient (Wildman–Crippen LogP) is 0.979. The molecule has 5 nitrogen and oxygen atoms in total. The second-order valence-electron chi connectivity index (χ2n) is 2.83. The molecule has 2 heterocycles. The summed E-state index contributed by atoms with van der Waals surface area (Å²) in [6, 6.07) is 1.89. The van der Waals surface area contributed by atoms with E-state index in [1.807, 2.05) is 13.0 Å². The molecule has 0 saturated heterocycles. The molecule has 2 rings (SSSR count). The first-order chi connectivity index (χ1) is 6.81. The van der Waals surface area contributed by atoms with E-state index < -0.39 is 0 Å². The lowest BCUT2D eigenvalue weighted by Crippen LogP contribution is -2.04. The van der Waals surface area contributed by atoms with Gasteiger partial charge in [0.15, 0.2) is 5.82 Å². The van der Waals surface area contributed by atoms with Crippen LogP contribution in [0.15, 0.2) is 24.7 Å². The summed E-state index contributed by atoms with van der Waals surface area (Å²) in [5.41, 5.74) is 0.973. The summed E-state index contributed by atoms with van der Waals surface area (Å²) in [5.74, 6) is 1.45. The Morgan fingerprint density at radius 2 is 2.00 bits per heavy atom. The van der Waals surface area contributed by atoms with Crippen molar-refractivity contribution in [2.24, 2.45) is 0 Å². The van der Waals surface area contributed by atoms with Gasteiger partial charge in [0.25, 0.3) is 0 Å². The van der Waals surface area contributed by atoms with Crippen LogP contribution >= 0.6 is 0 Å². The van der Waals surface area contributed by atoms with E-state index in [1.165, 1.54) is 4.80 Å². The third-order valence-corrected chi connectivity index (χ3v) is 1.87. The van der Waals surface area contributed by atoms with Crippen molar-refractivity contribution >= 4 is 0 Å². The zero-order valence-corrected chi connectivity index (χ0v) is 8.01. The molecule has 72 valence electrons. The number of hydrogen-bond acceptors (Lipinski definition) is 4. The number of aromatic nitrogens is 4. The monoisotopic (exact) mass is 190 g/mol. The molecule has 0 radical (unpaired) electrons. The highest BCUT2D eigenvalue weighted by Gasteiger charge is 2.04. The SMILES string of the molecule is COc1cnc(-n2nccn2)c(C)c1. The molecule has 5 heteroatoms. The van der Waals surface area contributed by atoms with Gasteiger partial charge in [-0.15, -0.1) is 4.80 Å². The second kappa shape index (κ2) is 3.45. The highest BCUT2D eigenvalue weighted by atomic mass is 16.5. The van der Waals surface area contributed by atoms with Crippen LogP contribution in [-0.2, 0) is 0 Å². The largest absolute Gasteiger partial charge is 0.495 e. The topological polar surface area (TPSA) is 52.8 Å². The Bertz CT molecular complexity index is 424. The van der Waals surface area contributed by atoms with Crippen molar-refractivity contribution in [2.75, 3.05) is 7.11 Å². The molecule has 0 atom stereocenters. The van der Waals surface area contributed by atoms with E-state index in [0.29, 0.717) is 0 Å². The Balaban J connectivity index is 2.46. The average molecular weight is 190 g/mol. The summed E-state index contributed by atoms with van der Waals surface area (Å²) in [4.78, 5) is 5.69. The number of rotatable bonds is 2. The molecule has 0 aliphatic carbocycles. The first-order valence-electron chi connectivity index (χ1n) is 4.18. The third kappa shape index (κ3) is 1.44. The maximum Gasteiger partial charge on any atom is 0.177 e. The summed E-state index contributed by atoms with van der Waals surface area (Å²) in [5, 5.41) is 8.01. The molecule has 0 saturated carbocycles. The zero-order chi connectivity index (χ0) is 9.97. The smallest absolute Gasteiger partial charge is 0.177 e. The van der Waals surface area contributed by atoms with Gasteiger partial charge in [-0.25, -0.2) is 4.98 Å². The van der Waals surface area contributed by atoms with Crippen molar-refractivity contribution in [3.05, 3.63) is 30.2 Å². The van der Waals surface area contributed by atoms with E-state index in [4.69, 9.17) is 4.74 Å². The van der Waals surface area contributed by atoms with Crippen molar-refractivity contribution in [3.8, 4) is 11.6 Å². The zero-order valence-electron chi connectivity index (χ0n) is 8.01. The maximum atomic E-state index is 5.05. The molecule has 2 aromatic heterocycles. The first kappa shape index (κ1) is 8.68. The fourth-order valence-corrected chi connectivity index (χ4v) is 1.19. The van der Waals surface area contributed by atoms with Crippen molar-refractivity contribution in [1.82, 2.24) is 20.0 Å². The number of hydrogen-bond donors (Lipinski definition) is 0. The minimum Gasteiger partial charge on any atom is -0.495 e. The van der Waals surface area contributed by atoms with Crippen LogP contribution in [0.5, 0.6) is 5.75 Å². The maximum absolute atomic E-state index is 5.05. The molecule has 0 aliphatic heterocycles. The number of aryl methyl sites for hydroxylation is 1. The van der Waals surface area contributed by atoms with Crippen LogP contribution in [-0.4, -0.2) is 27.1 Å². The van der Waals surface area contributed by atoms with Crippen LogP contribution in [0.3, 0.4) is 0 Å². The lowest BCUT2D eigenvalue weighted by molar-refractivity contribution is 0.412. The first-order valence-corrected chi connectivity index (χ1v) is 4.18. The van der Waals surface area contributed by atoms with Crippen LogP contribution < -0.4 is 4.74 Å². The van der Waals surface area contributed by atoms with E-state index in [0.717, 1.165) is 17.1 Å². The van der Waals surface area contributed by atoms with Crippen LogP contribution in [0.4, 0.5) is 0 Å². The van der Waals surface area contributed by atoms with Crippen molar-refractivity contribution in [3.63, 3.8) is 0 Å². The standard InChI is InChI=1S/C9H10N4O/c1-7-5-8(14-2)6-10-9(7)13-11-3-4-12-13/h3-6H,1-2H3. The van der Waals surface area contributed by atoms with Crippen molar-refractivity contribution in [2.45, 2.75) is 6.92 Å². The van der Waals surface area contributed by atoms with Crippen molar-refractivity contribution < 1.29 is 4.74 Å². The van der Waals surface area contributed by atoms with Crippen LogP contribution in [0, 0.1) is 6.92 Å². The molecule has 0 aromatic carbocycles. The molecular formula is C9H10N4O. The minimum absolute atomic E-state index is 0.718. The highest BCUT2D eigenvalue weighted by molar-refractivity contribution is 5.36. The molecule has 0 bridgehead atoms.